The molecular weight excluding hydrogens is 317 g/mol. The lowest BCUT2D eigenvalue weighted by Crippen LogP contribution is -2.33. The molecule has 2 aromatic rings. The van der Waals surface area contributed by atoms with Crippen molar-refractivity contribution in [3.8, 4) is 0 Å². The zero-order valence-electron chi connectivity index (χ0n) is 13.2. The SMILES string of the molecule is CCN(C(=O)c1ccnc(CN)c1)C(C)c1ccc(F)cc1.Cl. The second-order valence-electron chi connectivity index (χ2n) is 5.06. The summed E-state index contributed by atoms with van der Waals surface area (Å²) in [5.74, 6) is -0.372. The van der Waals surface area contributed by atoms with E-state index in [4.69, 9.17) is 5.73 Å². The molecule has 1 aromatic heterocycles. The fraction of sp³-hybridized carbons (Fsp3) is 0.294. The van der Waals surface area contributed by atoms with Crippen LogP contribution in [0.1, 0.15) is 41.5 Å². The van der Waals surface area contributed by atoms with Crippen LogP contribution in [0, 0.1) is 5.82 Å². The predicted octanol–water partition coefficient (Wildman–Crippen LogP) is 3.32. The third-order valence-electron chi connectivity index (χ3n) is 3.69. The molecule has 1 amide bonds. The Kier molecular flexibility index (Phi) is 7.13. The maximum atomic E-state index is 13.0. The van der Waals surface area contributed by atoms with Crippen LogP contribution < -0.4 is 5.73 Å². The topological polar surface area (TPSA) is 59.2 Å². The minimum absolute atomic E-state index is 0. The van der Waals surface area contributed by atoms with Gasteiger partial charge in [0.15, 0.2) is 0 Å². The molecule has 2 N–H and O–H groups in total. The fourth-order valence-electron chi connectivity index (χ4n) is 2.40. The number of halogens is 2. The third kappa shape index (κ3) is 4.50. The summed E-state index contributed by atoms with van der Waals surface area (Å²) in [6.07, 6.45) is 1.59. The highest BCUT2D eigenvalue weighted by Gasteiger charge is 2.21. The minimum atomic E-state index is -0.285. The van der Waals surface area contributed by atoms with Crippen LogP contribution >= 0.6 is 12.4 Å². The number of carbonyl (C=O) groups excluding carboxylic acids is 1. The average molecular weight is 338 g/mol. The van der Waals surface area contributed by atoms with Crippen molar-refractivity contribution >= 4 is 18.3 Å². The van der Waals surface area contributed by atoms with Crippen molar-refractivity contribution in [3.05, 3.63) is 65.2 Å². The molecule has 23 heavy (non-hydrogen) atoms. The number of pyridine rings is 1. The third-order valence-corrected chi connectivity index (χ3v) is 3.69. The fourth-order valence-corrected chi connectivity index (χ4v) is 2.40. The average Bonchev–Trinajstić information content (AvgIpc) is 2.56. The number of benzene rings is 1. The monoisotopic (exact) mass is 337 g/mol. The van der Waals surface area contributed by atoms with E-state index in [2.05, 4.69) is 4.98 Å². The van der Waals surface area contributed by atoms with Crippen LogP contribution in [-0.2, 0) is 6.54 Å². The van der Waals surface area contributed by atoms with Gasteiger partial charge in [0.05, 0.1) is 11.7 Å². The second kappa shape index (κ2) is 8.60. The van der Waals surface area contributed by atoms with E-state index in [0.29, 0.717) is 24.3 Å². The Bertz CT molecular complexity index is 649. The zero-order chi connectivity index (χ0) is 16.1. The van der Waals surface area contributed by atoms with Gasteiger partial charge in [0.25, 0.3) is 5.91 Å². The Morgan fingerprint density at radius 3 is 2.52 bits per heavy atom. The summed E-state index contributed by atoms with van der Waals surface area (Å²) in [7, 11) is 0. The molecule has 0 saturated carbocycles. The highest BCUT2D eigenvalue weighted by molar-refractivity contribution is 5.94. The van der Waals surface area contributed by atoms with Gasteiger partial charge in [0.1, 0.15) is 5.82 Å². The van der Waals surface area contributed by atoms with Crippen molar-refractivity contribution in [2.75, 3.05) is 6.54 Å². The molecule has 4 nitrogen and oxygen atoms in total. The Hall–Kier alpha value is -1.98. The van der Waals surface area contributed by atoms with Gasteiger partial charge in [0, 0.05) is 24.8 Å². The normalized spacial score (nSPS) is 11.5. The van der Waals surface area contributed by atoms with E-state index >= 15 is 0 Å². The van der Waals surface area contributed by atoms with Gasteiger partial charge in [-0.3, -0.25) is 9.78 Å². The Balaban J connectivity index is 0.00000264. The zero-order valence-corrected chi connectivity index (χ0v) is 14.0. The second-order valence-corrected chi connectivity index (χ2v) is 5.06. The van der Waals surface area contributed by atoms with Gasteiger partial charge in [-0.15, -0.1) is 12.4 Å². The first-order chi connectivity index (χ1) is 10.6. The number of nitrogens with zero attached hydrogens (tertiary/aromatic N) is 2. The molecule has 0 aliphatic carbocycles. The van der Waals surface area contributed by atoms with Gasteiger partial charge >= 0.3 is 0 Å². The van der Waals surface area contributed by atoms with Crippen LogP contribution in [0.4, 0.5) is 4.39 Å². The van der Waals surface area contributed by atoms with E-state index in [1.807, 2.05) is 13.8 Å². The Morgan fingerprint density at radius 1 is 1.30 bits per heavy atom. The number of aromatic nitrogens is 1. The van der Waals surface area contributed by atoms with Crippen molar-refractivity contribution in [1.29, 1.82) is 0 Å². The van der Waals surface area contributed by atoms with E-state index < -0.39 is 0 Å². The summed E-state index contributed by atoms with van der Waals surface area (Å²) < 4.78 is 13.0. The largest absolute Gasteiger partial charge is 0.332 e. The minimum Gasteiger partial charge on any atom is -0.332 e. The molecule has 1 heterocycles. The number of hydrogen-bond acceptors (Lipinski definition) is 3. The first-order valence-corrected chi connectivity index (χ1v) is 7.28. The molecule has 2 rings (SSSR count). The number of hydrogen-bond donors (Lipinski definition) is 1. The number of nitrogens with two attached hydrogens (primary N) is 1. The predicted molar refractivity (Wildman–Crippen MR) is 90.9 cm³/mol. The van der Waals surface area contributed by atoms with Gasteiger partial charge < -0.3 is 10.6 Å². The van der Waals surface area contributed by atoms with Crippen LogP contribution in [-0.4, -0.2) is 22.3 Å². The lowest BCUT2D eigenvalue weighted by Gasteiger charge is -2.28. The van der Waals surface area contributed by atoms with E-state index in [1.54, 1.807) is 35.4 Å². The molecule has 124 valence electrons. The van der Waals surface area contributed by atoms with Crippen LogP contribution in [0.2, 0.25) is 0 Å². The van der Waals surface area contributed by atoms with Crippen LogP contribution in [0.25, 0.3) is 0 Å². The van der Waals surface area contributed by atoms with Crippen molar-refractivity contribution in [1.82, 2.24) is 9.88 Å². The highest BCUT2D eigenvalue weighted by Crippen LogP contribution is 2.22. The smallest absolute Gasteiger partial charge is 0.254 e. The first kappa shape index (κ1) is 19.1. The summed E-state index contributed by atoms with van der Waals surface area (Å²) in [6.45, 7) is 4.70. The van der Waals surface area contributed by atoms with Crippen molar-refractivity contribution < 1.29 is 9.18 Å². The van der Waals surface area contributed by atoms with Crippen molar-refractivity contribution in [2.45, 2.75) is 26.4 Å². The number of amides is 1. The molecule has 0 fully saturated rings. The molecule has 0 radical (unpaired) electrons. The molecule has 1 aromatic carbocycles. The van der Waals surface area contributed by atoms with Crippen molar-refractivity contribution in [3.63, 3.8) is 0 Å². The molecule has 0 bridgehead atoms. The molecule has 1 unspecified atom stereocenters. The summed E-state index contributed by atoms with van der Waals surface area (Å²) in [4.78, 5) is 18.5. The van der Waals surface area contributed by atoms with Gasteiger partial charge in [-0.1, -0.05) is 12.1 Å². The van der Waals surface area contributed by atoms with Gasteiger partial charge in [-0.25, -0.2) is 4.39 Å². The van der Waals surface area contributed by atoms with Crippen LogP contribution in [0.5, 0.6) is 0 Å². The maximum Gasteiger partial charge on any atom is 0.254 e. The lowest BCUT2D eigenvalue weighted by atomic mass is 10.1. The standard InChI is InChI=1S/C17H20FN3O.ClH/c1-3-21(12(2)13-4-6-15(18)7-5-13)17(22)14-8-9-20-16(10-14)11-19;/h4-10,12H,3,11,19H2,1-2H3;1H. The maximum absolute atomic E-state index is 13.0. The molecule has 0 aliphatic heterocycles. The van der Waals surface area contributed by atoms with E-state index in [9.17, 15) is 9.18 Å². The quantitative estimate of drug-likeness (QED) is 0.910. The number of carbonyl (C=O) groups is 1. The van der Waals surface area contributed by atoms with E-state index in [0.717, 1.165) is 5.56 Å². The lowest BCUT2D eigenvalue weighted by molar-refractivity contribution is 0.0702. The van der Waals surface area contributed by atoms with Gasteiger partial charge in [-0.2, -0.15) is 0 Å². The van der Waals surface area contributed by atoms with Gasteiger partial charge in [-0.05, 0) is 43.7 Å². The summed E-state index contributed by atoms with van der Waals surface area (Å²) in [6, 6.07) is 9.46. The molecule has 0 spiro atoms. The molecular formula is C17H21ClFN3O. The summed E-state index contributed by atoms with van der Waals surface area (Å²) >= 11 is 0. The van der Waals surface area contributed by atoms with Gasteiger partial charge in [0.2, 0.25) is 0 Å². The first-order valence-electron chi connectivity index (χ1n) is 7.28. The summed E-state index contributed by atoms with van der Waals surface area (Å²) in [5, 5.41) is 0. The Morgan fingerprint density at radius 2 is 1.96 bits per heavy atom. The van der Waals surface area contributed by atoms with E-state index in [1.165, 1.54) is 12.1 Å². The molecule has 0 aliphatic rings. The Labute approximate surface area is 141 Å². The van der Waals surface area contributed by atoms with E-state index in [-0.39, 0.29) is 30.2 Å². The van der Waals surface area contributed by atoms with Crippen LogP contribution in [0.3, 0.4) is 0 Å². The molecule has 0 saturated heterocycles. The molecule has 6 heteroatoms. The number of rotatable bonds is 5. The highest BCUT2D eigenvalue weighted by atomic mass is 35.5. The van der Waals surface area contributed by atoms with Crippen LogP contribution in [0.15, 0.2) is 42.6 Å². The molecule has 1 atom stereocenters. The van der Waals surface area contributed by atoms with Crippen molar-refractivity contribution in [2.24, 2.45) is 5.73 Å². The summed E-state index contributed by atoms with van der Waals surface area (Å²) in [5.41, 5.74) is 7.70.